The zero-order chi connectivity index (χ0) is 22.9. The van der Waals surface area contributed by atoms with Crippen LogP contribution in [0.5, 0.6) is 5.75 Å². The maximum atomic E-state index is 12.7. The number of hydrogen-bond donors (Lipinski definition) is 0. The molecule has 1 aromatic rings. The fraction of sp³-hybridized carbons (Fsp3) is 0.435. The molecule has 0 aliphatic carbocycles. The summed E-state index contributed by atoms with van der Waals surface area (Å²) in [6, 6.07) is 7.09. The topological polar surface area (TPSA) is 88.1 Å². The molecule has 0 saturated carbocycles. The van der Waals surface area contributed by atoms with Gasteiger partial charge < -0.3 is 18.9 Å². The van der Waals surface area contributed by atoms with Gasteiger partial charge in [-0.25, -0.2) is 9.59 Å². The van der Waals surface area contributed by atoms with Gasteiger partial charge in [0.1, 0.15) is 30.0 Å². The third kappa shape index (κ3) is 8.51. The van der Waals surface area contributed by atoms with Crippen molar-refractivity contribution in [2.24, 2.45) is 5.41 Å². The summed E-state index contributed by atoms with van der Waals surface area (Å²) in [5.74, 6) is -1.23. The van der Waals surface area contributed by atoms with Gasteiger partial charge in [-0.3, -0.25) is 4.79 Å². The van der Waals surface area contributed by atoms with Gasteiger partial charge in [0.15, 0.2) is 0 Å². The third-order valence-electron chi connectivity index (χ3n) is 3.82. The van der Waals surface area contributed by atoms with Gasteiger partial charge in [0, 0.05) is 11.6 Å². The maximum absolute atomic E-state index is 12.7. The molecule has 0 aliphatic heterocycles. The summed E-state index contributed by atoms with van der Waals surface area (Å²) >= 11 is 0. The van der Waals surface area contributed by atoms with Gasteiger partial charge in [0.25, 0.3) is 0 Å². The molecule has 0 saturated heterocycles. The van der Waals surface area contributed by atoms with Crippen LogP contribution in [0.2, 0.25) is 0 Å². The Hall–Kier alpha value is -3.09. The van der Waals surface area contributed by atoms with Crippen molar-refractivity contribution >= 4 is 24.0 Å². The Kier molecular flexibility index (Phi) is 8.83. The number of hydrogen-bond acceptors (Lipinski definition) is 7. The summed E-state index contributed by atoms with van der Waals surface area (Å²) < 4.78 is 20.9. The van der Waals surface area contributed by atoms with Crippen LogP contribution in [0.25, 0.3) is 6.08 Å². The molecule has 0 N–H and O–H groups in total. The van der Waals surface area contributed by atoms with E-state index in [4.69, 9.17) is 18.9 Å². The second-order valence-electron chi connectivity index (χ2n) is 8.13. The van der Waals surface area contributed by atoms with E-state index in [-0.39, 0.29) is 18.8 Å². The Bertz CT molecular complexity index is 800. The van der Waals surface area contributed by atoms with E-state index >= 15 is 0 Å². The second-order valence-corrected chi connectivity index (χ2v) is 8.13. The Morgan fingerprint density at radius 1 is 1.00 bits per heavy atom. The van der Waals surface area contributed by atoms with E-state index in [1.54, 1.807) is 58.2 Å². The van der Waals surface area contributed by atoms with E-state index in [0.29, 0.717) is 5.75 Å². The van der Waals surface area contributed by atoms with Crippen molar-refractivity contribution < 1.29 is 33.3 Å². The van der Waals surface area contributed by atoms with Crippen LogP contribution < -0.4 is 4.74 Å². The predicted octanol–water partition coefficient (Wildman–Crippen LogP) is 3.72. The van der Waals surface area contributed by atoms with Crippen molar-refractivity contribution in [2.75, 3.05) is 20.3 Å². The molecular formula is C23H30O7. The lowest BCUT2D eigenvalue weighted by Crippen LogP contribution is -2.43. The Balaban J connectivity index is 2.82. The Labute approximate surface area is 177 Å². The Morgan fingerprint density at radius 3 is 2.07 bits per heavy atom. The van der Waals surface area contributed by atoms with E-state index in [0.717, 1.165) is 5.56 Å². The van der Waals surface area contributed by atoms with Gasteiger partial charge in [-0.15, -0.1) is 0 Å². The van der Waals surface area contributed by atoms with Crippen LogP contribution in [0.1, 0.15) is 40.2 Å². The highest BCUT2D eigenvalue weighted by atomic mass is 16.6. The summed E-state index contributed by atoms with van der Waals surface area (Å²) in [7, 11) is 1.57. The van der Waals surface area contributed by atoms with Gasteiger partial charge in [0.05, 0.1) is 7.11 Å². The molecule has 1 rings (SSSR count). The molecule has 0 fully saturated rings. The average Bonchev–Trinajstić information content (AvgIpc) is 2.67. The van der Waals surface area contributed by atoms with E-state index in [1.807, 2.05) is 0 Å². The number of ether oxygens (including phenoxy) is 4. The molecule has 0 bridgehead atoms. The molecule has 0 amide bonds. The normalized spacial score (nSPS) is 13.3. The molecule has 1 aromatic carbocycles. The second kappa shape index (κ2) is 10.6. The molecule has 30 heavy (non-hydrogen) atoms. The molecule has 0 radical (unpaired) electrons. The molecule has 0 aliphatic rings. The quantitative estimate of drug-likeness (QED) is 0.343. The van der Waals surface area contributed by atoms with E-state index < -0.39 is 28.9 Å². The lowest BCUT2D eigenvalue weighted by Gasteiger charge is -2.30. The number of methoxy groups -OCH3 is 1. The van der Waals surface area contributed by atoms with E-state index in [1.165, 1.54) is 19.9 Å². The zero-order valence-electron chi connectivity index (χ0n) is 18.4. The number of rotatable bonds is 9. The lowest BCUT2D eigenvalue weighted by atomic mass is 9.92. The van der Waals surface area contributed by atoms with Crippen LogP contribution in [0.3, 0.4) is 0 Å². The number of carbonyl (C=O) groups is 3. The van der Waals surface area contributed by atoms with E-state index in [9.17, 15) is 14.4 Å². The molecule has 164 valence electrons. The van der Waals surface area contributed by atoms with Crippen molar-refractivity contribution in [3.63, 3.8) is 0 Å². The van der Waals surface area contributed by atoms with Crippen LogP contribution in [-0.2, 0) is 28.6 Å². The molecule has 7 heteroatoms. The number of esters is 3. The highest BCUT2D eigenvalue weighted by Crippen LogP contribution is 2.24. The highest BCUT2D eigenvalue weighted by Gasteiger charge is 2.40. The molecular weight excluding hydrogens is 388 g/mol. The van der Waals surface area contributed by atoms with Crippen molar-refractivity contribution in [3.05, 3.63) is 48.1 Å². The minimum atomic E-state index is -1.37. The van der Waals surface area contributed by atoms with Gasteiger partial charge in [0.2, 0.25) is 0 Å². The van der Waals surface area contributed by atoms with Crippen molar-refractivity contribution in [1.82, 2.24) is 0 Å². The summed E-state index contributed by atoms with van der Waals surface area (Å²) in [5, 5.41) is 0. The van der Waals surface area contributed by atoms with Gasteiger partial charge in [-0.2, -0.15) is 0 Å². The van der Waals surface area contributed by atoms with Crippen LogP contribution in [0.4, 0.5) is 0 Å². The molecule has 0 aromatic heterocycles. The van der Waals surface area contributed by atoms with E-state index in [2.05, 4.69) is 6.58 Å². The van der Waals surface area contributed by atoms with Crippen molar-refractivity contribution in [1.29, 1.82) is 0 Å². The summed E-state index contributed by atoms with van der Waals surface area (Å²) in [5.41, 5.74) is -1.16. The minimum absolute atomic E-state index is 0.195. The molecule has 1 atom stereocenters. The largest absolute Gasteiger partial charge is 0.497 e. The van der Waals surface area contributed by atoms with Crippen LogP contribution in [-0.4, -0.2) is 43.8 Å². The zero-order valence-corrected chi connectivity index (χ0v) is 18.4. The monoisotopic (exact) mass is 418 g/mol. The van der Waals surface area contributed by atoms with Crippen LogP contribution >= 0.6 is 0 Å². The highest BCUT2D eigenvalue weighted by molar-refractivity contribution is 5.88. The average molecular weight is 418 g/mol. The molecule has 1 unspecified atom stereocenters. The first-order valence-corrected chi connectivity index (χ1v) is 9.41. The summed E-state index contributed by atoms with van der Waals surface area (Å²) in [6.07, 6.45) is 2.82. The SMILES string of the molecule is C=C(C)C(=O)OCC(C)(COC(=O)/C=C/c1ccc(OC)cc1)C(=O)OC(C)(C)C. The first-order chi connectivity index (χ1) is 13.9. The maximum Gasteiger partial charge on any atom is 0.333 e. The van der Waals surface area contributed by atoms with Gasteiger partial charge in [-0.1, -0.05) is 18.7 Å². The predicted molar refractivity (Wildman–Crippen MR) is 113 cm³/mol. The minimum Gasteiger partial charge on any atom is -0.497 e. The fourth-order valence-corrected chi connectivity index (χ4v) is 2.07. The van der Waals surface area contributed by atoms with Crippen LogP contribution in [0, 0.1) is 5.41 Å². The smallest absolute Gasteiger partial charge is 0.333 e. The lowest BCUT2D eigenvalue weighted by molar-refractivity contribution is -0.177. The standard InChI is InChI=1S/C23H30O7/c1-16(2)20(25)29-15-23(6,21(26)30-22(3,4)5)14-28-19(24)13-10-17-8-11-18(27-7)12-9-17/h8-13H,1,14-15H2,2-7H3/b13-10+. The fourth-order valence-electron chi connectivity index (χ4n) is 2.07. The Morgan fingerprint density at radius 2 is 1.57 bits per heavy atom. The number of carbonyl (C=O) groups excluding carboxylic acids is 3. The third-order valence-corrected chi connectivity index (χ3v) is 3.82. The van der Waals surface area contributed by atoms with Crippen molar-refractivity contribution in [2.45, 2.75) is 40.2 Å². The first-order valence-electron chi connectivity index (χ1n) is 9.41. The molecule has 0 heterocycles. The summed E-state index contributed by atoms with van der Waals surface area (Å²) in [6.45, 7) is 11.0. The summed E-state index contributed by atoms with van der Waals surface area (Å²) in [4.78, 5) is 36.5. The molecule has 7 nitrogen and oxygen atoms in total. The van der Waals surface area contributed by atoms with Gasteiger partial charge in [-0.05, 0) is 58.4 Å². The van der Waals surface area contributed by atoms with Crippen molar-refractivity contribution in [3.8, 4) is 5.75 Å². The van der Waals surface area contributed by atoms with Crippen LogP contribution in [0.15, 0.2) is 42.5 Å². The number of benzene rings is 1. The molecule has 0 spiro atoms. The van der Waals surface area contributed by atoms with Gasteiger partial charge >= 0.3 is 17.9 Å². The first kappa shape index (κ1) is 24.9.